The molecular formula is C16H15F4N3O2. The molecule has 0 radical (unpaired) electrons. The standard InChI is InChI=1S/C16H15F4N3O2/c1-10(23-14(24)11-4-6-21-7-5-11)12-2-3-13(22-8-12)25-9-16(19,20)15(17)18/h2-8,10,15H,9H2,1H3,(H,23,24). The number of halogens is 4. The van der Waals surface area contributed by atoms with Crippen molar-refractivity contribution in [3.05, 3.63) is 54.0 Å². The molecule has 1 unspecified atom stereocenters. The van der Waals surface area contributed by atoms with Crippen LogP contribution in [0, 0.1) is 0 Å². The molecular weight excluding hydrogens is 342 g/mol. The number of nitrogens with zero attached hydrogens (tertiary/aromatic N) is 2. The molecule has 2 heterocycles. The molecule has 25 heavy (non-hydrogen) atoms. The van der Waals surface area contributed by atoms with Crippen LogP contribution in [-0.2, 0) is 0 Å². The molecule has 9 heteroatoms. The normalized spacial score (nSPS) is 12.7. The van der Waals surface area contributed by atoms with Crippen molar-refractivity contribution in [1.82, 2.24) is 15.3 Å². The van der Waals surface area contributed by atoms with Gasteiger partial charge in [0.1, 0.15) is 0 Å². The zero-order valence-corrected chi connectivity index (χ0v) is 13.1. The summed E-state index contributed by atoms with van der Waals surface area (Å²) < 4.78 is 54.3. The Labute approximate surface area is 141 Å². The van der Waals surface area contributed by atoms with Crippen LogP contribution in [0.25, 0.3) is 0 Å². The number of hydrogen-bond acceptors (Lipinski definition) is 4. The van der Waals surface area contributed by atoms with Crippen molar-refractivity contribution >= 4 is 5.91 Å². The Bertz CT molecular complexity index is 696. The molecule has 0 aromatic carbocycles. The molecule has 2 aromatic rings. The van der Waals surface area contributed by atoms with Gasteiger partial charge in [-0.05, 0) is 24.6 Å². The first kappa shape index (κ1) is 18.6. The lowest BCUT2D eigenvalue weighted by atomic mass is 10.1. The fourth-order valence-corrected chi connectivity index (χ4v) is 1.83. The van der Waals surface area contributed by atoms with E-state index in [9.17, 15) is 22.4 Å². The Balaban J connectivity index is 1.94. The summed E-state index contributed by atoms with van der Waals surface area (Å²) in [4.78, 5) is 19.6. The van der Waals surface area contributed by atoms with Gasteiger partial charge in [-0.3, -0.25) is 9.78 Å². The van der Waals surface area contributed by atoms with E-state index in [4.69, 9.17) is 0 Å². The van der Waals surface area contributed by atoms with Crippen molar-refractivity contribution < 1.29 is 27.1 Å². The van der Waals surface area contributed by atoms with Crippen LogP contribution in [0.15, 0.2) is 42.9 Å². The van der Waals surface area contributed by atoms with Crippen molar-refractivity contribution in [1.29, 1.82) is 0 Å². The zero-order valence-electron chi connectivity index (χ0n) is 13.1. The van der Waals surface area contributed by atoms with Gasteiger partial charge in [0.05, 0.1) is 6.04 Å². The highest BCUT2D eigenvalue weighted by Gasteiger charge is 2.41. The van der Waals surface area contributed by atoms with Gasteiger partial charge < -0.3 is 10.1 Å². The largest absolute Gasteiger partial charge is 0.471 e. The molecule has 0 fully saturated rings. The van der Waals surface area contributed by atoms with Crippen LogP contribution in [0.5, 0.6) is 5.88 Å². The average Bonchev–Trinajstić information content (AvgIpc) is 2.61. The SMILES string of the molecule is CC(NC(=O)c1ccncc1)c1ccc(OCC(F)(F)C(F)F)nc1. The van der Waals surface area contributed by atoms with Gasteiger partial charge in [0.2, 0.25) is 5.88 Å². The van der Waals surface area contributed by atoms with E-state index < -0.39 is 25.0 Å². The molecule has 0 saturated carbocycles. The monoisotopic (exact) mass is 357 g/mol. The number of aromatic nitrogens is 2. The van der Waals surface area contributed by atoms with Gasteiger partial charge in [-0.15, -0.1) is 0 Å². The molecule has 2 aromatic heterocycles. The molecule has 2 rings (SSSR count). The number of amides is 1. The van der Waals surface area contributed by atoms with Gasteiger partial charge in [0, 0.05) is 30.2 Å². The number of carbonyl (C=O) groups is 1. The number of nitrogens with one attached hydrogen (secondary N) is 1. The lowest BCUT2D eigenvalue weighted by Gasteiger charge is -2.16. The van der Waals surface area contributed by atoms with Crippen LogP contribution in [0.1, 0.15) is 28.9 Å². The molecule has 0 spiro atoms. The van der Waals surface area contributed by atoms with E-state index in [0.29, 0.717) is 11.1 Å². The van der Waals surface area contributed by atoms with E-state index in [1.165, 1.54) is 30.7 Å². The highest BCUT2D eigenvalue weighted by atomic mass is 19.3. The summed E-state index contributed by atoms with van der Waals surface area (Å²) in [7, 11) is 0. The van der Waals surface area contributed by atoms with Gasteiger partial charge in [0.15, 0.2) is 6.61 Å². The second kappa shape index (κ2) is 7.91. The first-order valence-electron chi connectivity index (χ1n) is 7.25. The lowest BCUT2D eigenvalue weighted by molar-refractivity contribution is -0.148. The zero-order chi connectivity index (χ0) is 18.4. The fraction of sp³-hybridized carbons (Fsp3) is 0.312. The van der Waals surface area contributed by atoms with Crippen molar-refractivity contribution in [2.45, 2.75) is 25.3 Å². The maximum absolute atomic E-state index is 12.8. The minimum Gasteiger partial charge on any atom is -0.471 e. The summed E-state index contributed by atoms with van der Waals surface area (Å²) in [6.45, 7) is 0.243. The Morgan fingerprint density at radius 2 is 1.92 bits per heavy atom. The third-order valence-corrected chi connectivity index (χ3v) is 3.28. The molecule has 0 aliphatic rings. The Hall–Kier alpha value is -2.71. The van der Waals surface area contributed by atoms with Crippen LogP contribution in [0.3, 0.4) is 0 Å². The van der Waals surface area contributed by atoms with Crippen LogP contribution < -0.4 is 10.1 Å². The molecule has 5 nitrogen and oxygen atoms in total. The second-order valence-electron chi connectivity index (χ2n) is 5.21. The van der Waals surface area contributed by atoms with Crippen molar-refractivity contribution in [3.8, 4) is 5.88 Å². The summed E-state index contributed by atoms with van der Waals surface area (Å²) in [5, 5.41) is 2.74. The van der Waals surface area contributed by atoms with Gasteiger partial charge in [-0.1, -0.05) is 6.07 Å². The minimum absolute atomic E-state index is 0.211. The summed E-state index contributed by atoms with van der Waals surface area (Å²) in [6.07, 6.45) is 0.480. The molecule has 0 saturated heterocycles. The highest BCUT2D eigenvalue weighted by Crippen LogP contribution is 2.24. The number of rotatable bonds is 7. The quantitative estimate of drug-likeness (QED) is 0.773. The number of ether oxygens (including phenoxy) is 1. The van der Waals surface area contributed by atoms with E-state index in [2.05, 4.69) is 20.0 Å². The summed E-state index contributed by atoms with van der Waals surface area (Å²) in [5.74, 6) is -4.77. The first-order valence-corrected chi connectivity index (χ1v) is 7.25. The molecule has 1 amide bonds. The minimum atomic E-state index is -4.24. The number of alkyl halides is 4. The first-order chi connectivity index (χ1) is 11.8. The molecule has 0 bridgehead atoms. The summed E-state index contributed by atoms with van der Waals surface area (Å²) in [5.41, 5.74) is 1.03. The van der Waals surface area contributed by atoms with Crippen molar-refractivity contribution in [3.63, 3.8) is 0 Å². The lowest BCUT2D eigenvalue weighted by Crippen LogP contribution is -2.33. The Morgan fingerprint density at radius 3 is 2.48 bits per heavy atom. The molecule has 1 atom stereocenters. The number of hydrogen-bond donors (Lipinski definition) is 1. The molecule has 0 aliphatic carbocycles. The van der Waals surface area contributed by atoms with Crippen LogP contribution in [-0.4, -0.2) is 34.8 Å². The maximum atomic E-state index is 12.8. The van der Waals surface area contributed by atoms with Gasteiger partial charge in [-0.25, -0.2) is 13.8 Å². The van der Waals surface area contributed by atoms with Gasteiger partial charge in [0.25, 0.3) is 5.91 Å². The molecule has 134 valence electrons. The van der Waals surface area contributed by atoms with Crippen molar-refractivity contribution in [2.75, 3.05) is 6.61 Å². The molecule has 1 N–H and O–H groups in total. The maximum Gasteiger partial charge on any atom is 0.340 e. The third kappa shape index (κ3) is 5.13. The fourth-order valence-electron chi connectivity index (χ4n) is 1.83. The molecule has 0 aliphatic heterocycles. The second-order valence-corrected chi connectivity index (χ2v) is 5.21. The topological polar surface area (TPSA) is 64.1 Å². The third-order valence-electron chi connectivity index (χ3n) is 3.28. The Kier molecular flexibility index (Phi) is 5.89. The number of carbonyl (C=O) groups excluding carboxylic acids is 1. The van der Waals surface area contributed by atoms with E-state index in [1.54, 1.807) is 19.1 Å². The predicted octanol–water partition coefficient (Wildman–Crippen LogP) is 3.25. The van der Waals surface area contributed by atoms with Crippen LogP contribution >= 0.6 is 0 Å². The van der Waals surface area contributed by atoms with E-state index in [-0.39, 0.29) is 11.8 Å². The van der Waals surface area contributed by atoms with Crippen molar-refractivity contribution in [2.24, 2.45) is 0 Å². The van der Waals surface area contributed by atoms with Gasteiger partial charge in [-0.2, -0.15) is 8.78 Å². The van der Waals surface area contributed by atoms with E-state index >= 15 is 0 Å². The highest BCUT2D eigenvalue weighted by molar-refractivity contribution is 5.94. The predicted molar refractivity (Wildman–Crippen MR) is 80.8 cm³/mol. The van der Waals surface area contributed by atoms with E-state index in [0.717, 1.165) is 0 Å². The van der Waals surface area contributed by atoms with Crippen LogP contribution in [0.4, 0.5) is 17.6 Å². The van der Waals surface area contributed by atoms with Crippen LogP contribution in [0.2, 0.25) is 0 Å². The smallest absolute Gasteiger partial charge is 0.340 e. The Morgan fingerprint density at radius 1 is 1.24 bits per heavy atom. The number of pyridine rings is 2. The van der Waals surface area contributed by atoms with Gasteiger partial charge >= 0.3 is 12.3 Å². The summed E-state index contributed by atoms with van der Waals surface area (Å²) >= 11 is 0. The van der Waals surface area contributed by atoms with E-state index in [1.807, 2.05) is 0 Å². The summed E-state index contributed by atoms with van der Waals surface area (Å²) in [6, 6.07) is 5.47. The average molecular weight is 357 g/mol.